The molecule has 0 spiro atoms. The SMILES string of the molecule is Cc1ccc(Cl)cc1N1C(=NC(=O)[C@H](Cc2ccccc2)NC(=O)OC(C)(C)C)S[C@@H]2CS(=O)(=O)C[C@@H]21. The summed E-state index contributed by atoms with van der Waals surface area (Å²) in [4.78, 5) is 32.4. The third-order valence-corrected chi connectivity index (χ3v) is 9.42. The Kier molecular flexibility index (Phi) is 7.92. The number of hydrogen-bond acceptors (Lipinski definition) is 6. The predicted molar refractivity (Wildman–Crippen MR) is 148 cm³/mol. The standard InChI is InChI=1S/C26H30ClN3O5S2/c1-16-10-11-18(27)13-20(16)30-21-14-37(33,34)15-22(21)36-24(30)29-23(31)19(12-17-8-6-5-7-9-17)28-25(32)35-26(2,3)4/h5-11,13,19,21-22H,12,14-15H2,1-4H3,(H,28,32)/t19-,21-,22+/m0/s1. The maximum Gasteiger partial charge on any atom is 0.408 e. The minimum absolute atomic E-state index is 0.00919. The number of amidine groups is 1. The van der Waals surface area contributed by atoms with Crippen molar-refractivity contribution in [3.63, 3.8) is 0 Å². The lowest BCUT2D eigenvalue weighted by molar-refractivity contribution is -0.119. The molecule has 37 heavy (non-hydrogen) atoms. The Bertz CT molecular complexity index is 1330. The van der Waals surface area contributed by atoms with Gasteiger partial charge in [0.15, 0.2) is 15.0 Å². The molecule has 11 heteroatoms. The number of nitrogens with one attached hydrogen (secondary N) is 1. The highest BCUT2D eigenvalue weighted by atomic mass is 35.5. The number of carbonyl (C=O) groups excluding carboxylic acids is 2. The lowest BCUT2D eigenvalue weighted by Crippen LogP contribution is -2.45. The average Bonchev–Trinajstić information content (AvgIpc) is 3.25. The van der Waals surface area contributed by atoms with Crippen molar-refractivity contribution in [1.82, 2.24) is 5.32 Å². The summed E-state index contributed by atoms with van der Waals surface area (Å²) in [6, 6.07) is 13.3. The average molecular weight is 564 g/mol. The highest BCUT2D eigenvalue weighted by Gasteiger charge is 2.50. The molecular formula is C26H30ClN3O5S2. The number of nitrogens with zero attached hydrogens (tertiary/aromatic N) is 2. The Balaban J connectivity index is 1.68. The molecule has 2 fully saturated rings. The predicted octanol–water partition coefficient (Wildman–Crippen LogP) is 4.39. The summed E-state index contributed by atoms with van der Waals surface area (Å²) in [7, 11) is -3.22. The Morgan fingerprint density at radius 3 is 2.57 bits per heavy atom. The second-order valence-electron chi connectivity index (χ2n) is 10.2. The molecule has 0 aliphatic carbocycles. The third kappa shape index (κ3) is 6.86. The Morgan fingerprint density at radius 1 is 1.19 bits per heavy atom. The second kappa shape index (κ2) is 10.7. The minimum atomic E-state index is -3.22. The zero-order valence-electron chi connectivity index (χ0n) is 21.1. The van der Waals surface area contributed by atoms with Crippen molar-refractivity contribution in [3.8, 4) is 0 Å². The second-order valence-corrected chi connectivity index (χ2v) is 14.0. The van der Waals surface area contributed by atoms with E-state index in [9.17, 15) is 18.0 Å². The third-order valence-electron chi connectivity index (χ3n) is 5.97. The summed E-state index contributed by atoms with van der Waals surface area (Å²) in [5.74, 6) is -0.576. The van der Waals surface area contributed by atoms with Crippen LogP contribution in [-0.2, 0) is 25.8 Å². The van der Waals surface area contributed by atoms with Gasteiger partial charge in [-0.25, -0.2) is 13.2 Å². The molecule has 2 aliphatic rings. The number of halogens is 1. The number of fused-ring (bicyclic) bond motifs is 1. The normalized spacial score (nSPS) is 22.5. The molecule has 2 heterocycles. The first-order valence-corrected chi connectivity index (χ1v) is 15.0. The molecule has 0 saturated carbocycles. The number of amides is 2. The fourth-order valence-corrected chi connectivity index (χ4v) is 8.44. The molecule has 8 nitrogen and oxygen atoms in total. The van der Waals surface area contributed by atoms with E-state index in [1.54, 1.807) is 32.9 Å². The molecule has 0 unspecified atom stereocenters. The number of sulfone groups is 1. The van der Waals surface area contributed by atoms with Crippen molar-refractivity contribution in [2.45, 2.75) is 57.1 Å². The molecule has 3 atom stereocenters. The van der Waals surface area contributed by atoms with Crippen LogP contribution in [0, 0.1) is 6.92 Å². The largest absolute Gasteiger partial charge is 0.444 e. The number of anilines is 1. The minimum Gasteiger partial charge on any atom is -0.444 e. The Hall–Kier alpha value is -2.56. The van der Waals surface area contributed by atoms with Crippen molar-refractivity contribution < 1.29 is 22.7 Å². The quantitative estimate of drug-likeness (QED) is 0.575. The maximum absolute atomic E-state index is 13.5. The first-order valence-electron chi connectivity index (χ1n) is 11.9. The van der Waals surface area contributed by atoms with Crippen molar-refractivity contribution in [2.24, 2.45) is 4.99 Å². The van der Waals surface area contributed by atoms with Crippen LogP contribution < -0.4 is 10.2 Å². The van der Waals surface area contributed by atoms with Gasteiger partial charge >= 0.3 is 6.09 Å². The molecule has 2 aromatic carbocycles. The van der Waals surface area contributed by atoms with Gasteiger partial charge in [-0.1, -0.05) is 59.8 Å². The molecule has 2 aliphatic heterocycles. The van der Waals surface area contributed by atoms with Gasteiger partial charge in [0.1, 0.15) is 11.6 Å². The van der Waals surface area contributed by atoms with E-state index >= 15 is 0 Å². The molecule has 0 bridgehead atoms. The van der Waals surface area contributed by atoms with Crippen LogP contribution in [0.3, 0.4) is 0 Å². The summed E-state index contributed by atoms with van der Waals surface area (Å²) in [5, 5.41) is 3.30. The molecule has 198 valence electrons. The van der Waals surface area contributed by atoms with E-state index in [1.807, 2.05) is 48.2 Å². The van der Waals surface area contributed by atoms with Gasteiger partial charge in [-0.2, -0.15) is 4.99 Å². The fourth-order valence-electron chi connectivity index (χ4n) is 4.36. The lowest BCUT2D eigenvalue weighted by atomic mass is 10.1. The molecule has 2 amide bonds. The summed E-state index contributed by atoms with van der Waals surface area (Å²) in [5.41, 5.74) is 1.70. The van der Waals surface area contributed by atoms with E-state index in [-0.39, 0.29) is 29.2 Å². The van der Waals surface area contributed by atoms with Gasteiger partial charge in [-0.3, -0.25) is 4.79 Å². The highest BCUT2D eigenvalue weighted by Crippen LogP contribution is 2.42. The smallest absolute Gasteiger partial charge is 0.408 e. The number of benzene rings is 2. The summed E-state index contributed by atoms with van der Waals surface area (Å²) < 4.78 is 30.2. The van der Waals surface area contributed by atoms with Gasteiger partial charge < -0.3 is 15.0 Å². The topological polar surface area (TPSA) is 105 Å². The zero-order chi connectivity index (χ0) is 27.0. The summed E-state index contributed by atoms with van der Waals surface area (Å²) in [6.45, 7) is 7.13. The monoisotopic (exact) mass is 563 g/mol. The highest BCUT2D eigenvalue weighted by molar-refractivity contribution is 8.16. The molecule has 1 N–H and O–H groups in total. The van der Waals surface area contributed by atoms with Crippen LogP contribution in [0.25, 0.3) is 0 Å². The molecule has 4 rings (SSSR count). The molecule has 0 radical (unpaired) electrons. The Labute approximate surface area is 226 Å². The lowest BCUT2D eigenvalue weighted by Gasteiger charge is -2.27. The van der Waals surface area contributed by atoms with E-state index in [4.69, 9.17) is 16.3 Å². The van der Waals surface area contributed by atoms with Crippen LogP contribution in [0.15, 0.2) is 53.5 Å². The molecule has 0 aromatic heterocycles. The van der Waals surface area contributed by atoms with Crippen molar-refractivity contribution in [3.05, 3.63) is 64.7 Å². The first-order chi connectivity index (χ1) is 17.3. The fraction of sp³-hybridized carbons (Fsp3) is 0.423. The number of thioether (sulfide) groups is 1. The van der Waals surface area contributed by atoms with Crippen molar-refractivity contribution in [2.75, 3.05) is 16.4 Å². The van der Waals surface area contributed by atoms with Gasteiger partial charge in [-0.05, 0) is 51.0 Å². The van der Waals surface area contributed by atoms with E-state index in [2.05, 4.69) is 10.3 Å². The summed E-state index contributed by atoms with van der Waals surface area (Å²) >= 11 is 7.55. The van der Waals surface area contributed by atoms with E-state index in [1.165, 1.54) is 11.8 Å². The molecule has 2 aromatic rings. The number of ether oxygens (including phenoxy) is 1. The number of aliphatic imine (C=N–C) groups is 1. The maximum atomic E-state index is 13.5. The number of aryl methyl sites for hydroxylation is 1. The summed E-state index contributed by atoms with van der Waals surface area (Å²) in [6.07, 6.45) is -0.496. The van der Waals surface area contributed by atoms with Crippen LogP contribution in [0.5, 0.6) is 0 Å². The van der Waals surface area contributed by atoms with Crippen LogP contribution in [0.1, 0.15) is 31.9 Å². The van der Waals surface area contributed by atoms with Gasteiger partial charge in [0.05, 0.1) is 17.5 Å². The van der Waals surface area contributed by atoms with Gasteiger partial charge in [0, 0.05) is 22.4 Å². The number of carbonyl (C=O) groups is 2. The molecular weight excluding hydrogens is 534 g/mol. The van der Waals surface area contributed by atoms with Crippen molar-refractivity contribution >= 4 is 56.1 Å². The number of alkyl carbamates (subject to hydrolysis) is 1. The van der Waals surface area contributed by atoms with Gasteiger partial charge in [-0.15, -0.1) is 0 Å². The van der Waals surface area contributed by atoms with E-state index in [0.717, 1.165) is 11.1 Å². The zero-order valence-corrected chi connectivity index (χ0v) is 23.5. The van der Waals surface area contributed by atoms with Crippen LogP contribution in [0.2, 0.25) is 5.02 Å². The van der Waals surface area contributed by atoms with Crippen LogP contribution >= 0.6 is 23.4 Å². The number of rotatable bonds is 5. The van der Waals surface area contributed by atoms with Crippen LogP contribution in [-0.4, -0.2) is 60.0 Å². The van der Waals surface area contributed by atoms with Crippen LogP contribution in [0.4, 0.5) is 10.5 Å². The van der Waals surface area contributed by atoms with Gasteiger partial charge in [0.25, 0.3) is 5.91 Å². The Morgan fingerprint density at radius 2 is 1.89 bits per heavy atom. The number of hydrogen-bond donors (Lipinski definition) is 1. The van der Waals surface area contributed by atoms with Crippen molar-refractivity contribution in [1.29, 1.82) is 0 Å². The molecule has 2 saturated heterocycles. The van der Waals surface area contributed by atoms with E-state index < -0.39 is 33.5 Å². The van der Waals surface area contributed by atoms with Gasteiger partial charge in [0.2, 0.25) is 0 Å². The van der Waals surface area contributed by atoms with E-state index in [0.29, 0.717) is 15.9 Å². The first kappa shape index (κ1) is 27.5.